The molecule has 0 aliphatic carbocycles. The van der Waals surface area contributed by atoms with E-state index in [0.29, 0.717) is 11.1 Å². The lowest BCUT2D eigenvalue weighted by Gasteiger charge is -2.36. The number of aliphatic hydroxyl groups is 1. The maximum absolute atomic E-state index is 13.6. The number of methoxy groups -OCH3 is 1. The van der Waals surface area contributed by atoms with E-state index in [-0.39, 0.29) is 62.9 Å². The third-order valence-electron chi connectivity index (χ3n) is 7.25. The van der Waals surface area contributed by atoms with Crippen LogP contribution < -0.4 is 5.32 Å². The Morgan fingerprint density at radius 1 is 1.19 bits per heavy atom. The Balaban J connectivity index is 1.47. The minimum absolute atomic E-state index is 0.0103. The zero-order valence-corrected chi connectivity index (χ0v) is 23.0. The van der Waals surface area contributed by atoms with Crippen LogP contribution in [-0.4, -0.2) is 114 Å². The maximum atomic E-state index is 13.6. The molecule has 1 aromatic carbocycles. The van der Waals surface area contributed by atoms with Gasteiger partial charge in [0.05, 0.1) is 13.2 Å². The van der Waals surface area contributed by atoms with E-state index in [4.69, 9.17) is 9.47 Å². The quantitative estimate of drug-likeness (QED) is 0.198. The third kappa shape index (κ3) is 6.37. The SMILES string of the molecule is COCCNC(=O)C1=C(O)C2=NC=C(Cc3ccc(F)cc3)C3OC(C(=O)N4CCN(CC(F)(F)F)CC4)=C[N+](=C23)C1=O. The highest BCUT2D eigenvalue weighted by Crippen LogP contribution is 2.31. The van der Waals surface area contributed by atoms with Crippen LogP contribution in [0.3, 0.4) is 0 Å². The molecule has 4 aliphatic rings. The topological polar surface area (TPSA) is 124 Å². The monoisotopic (exact) mass is 606 g/mol. The number of allylic oxidation sites excluding steroid dienone is 1. The lowest BCUT2D eigenvalue weighted by molar-refractivity contribution is -0.385. The molecule has 0 bridgehead atoms. The summed E-state index contributed by atoms with van der Waals surface area (Å²) in [5.41, 5.74) is 0.524. The number of aliphatic imine (C=N–C) groups is 1. The highest BCUT2D eigenvalue weighted by molar-refractivity contribution is 6.52. The maximum Gasteiger partial charge on any atom is 0.434 e. The molecule has 2 N–H and O–H groups in total. The Hall–Kier alpha value is -4.37. The van der Waals surface area contributed by atoms with Gasteiger partial charge in [0.15, 0.2) is 17.0 Å². The molecule has 0 radical (unpaired) electrons. The van der Waals surface area contributed by atoms with Crippen LogP contribution in [0.5, 0.6) is 0 Å². The minimum Gasteiger partial charge on any atom is -0.504 e. The van der Waals surface area contributed by atoms with Gasteiger partial charge in [0.25, 0.3) is 23.3 Å². The van der Waals surface area contributed by atoms with E-state index in [1.807, 2.05) is 0 Å². The summed E-state index contributed by atoms with van der Waals surface area (Å²) in [6.45, 7) is -0.950. The van der Waals surface area contributed by atoms with Gasteiger partial charge in [0, 0.05) is 51.6 Å². The molecule has 3 amide bonds. The summed E-state index contributed by atoms with van der Waals surface area (Å²) in [5.74, 6) is -3.86. The van der Waals surface area contributed by atoms with E-state index in [1.54, 1.807) is 12.1 Å². The third-order valence-corrected chi connectivity index (χ3v) is 7.25. The smallest absolute Gasteiger partial charge is 0.434 e. The van der Waals surface area contributed by atoms with Gasteiger partial charge in [-0.15, -0.1) is 4.58 Å². The fourth-order valence-electron chi connectivity index (χ4n) is 5.15. The number of aliphatic hydroxyl groups excluding tert-OH is 1. The summed E-state index contributed by atoms with van der Waals surface area (Å²) in [5, 5.41) is 13.5. The second kappa shape index (κ2) is 12.1. The van der Waals surface area contributed by atoms with Gasteiger partial charge in [-0.2, -0.15) is 13.2 Å². The molecule has 1 atom stereocenters. The van der Waals surface area contributed by atoms with E-state index in [1.165, 1.54) is 35.2 Å². The van der Waals surface area contributed by atoms with Gasteiger partial charge >= 0.3 is 12.1 Å². The van der Waals surface area contributed by atoms with E-state index in [2.05, 4.69) is 10.3 Å². The number of halogens is 4. The summed E-state index contributed by atoms with van der Waals surface area (Å²) in [6.07, 6.45) is -2.80. The molecule has 15 heteroatoms. The largest absolute Gasteiger partial charge is 0.504 e. The van der Waals surface area contributed by atoms with Crippen LogP contribution in [0.15, 0.2) is 64.3 Å². The fraction of sp³-hybridized carbons (Fsp3) is 0.393. The fourth-order valence-corrected chi connectivity index (χ4v) is 5.15. The Labute approximate surface area is 243 Å². The summed E-state index contributed by atoms with van der Waals surface area (Å²) >= 11 is 0. The first-order valence-electron chi connectivity index (χ1n) is 13.4. The first kappa shape index (κ1) is 30.1. The summed E-state index contributed by atoms with van der Waals surface area (Å²) in [4.78, 5) is 46.9. The highest BCUT2D eigenvalue weighted by Gasteiger charge is 2.52. The van der Waals surface area contributed by atoms with Crippen molar-refractivity contribution in [3.63, 3.8) is 0 Å². The van der Waals surface area contributed by atoms with Crippen LogP contribution in [-0.2, 0) is 30.3 Å². The second-order valence-electron chi connectivity index (χ2n) is 10.2. The van der Waals surface area contributed by atoms with E-state index in [0.717, 1.165) is 10.8 Å². The van der Waals surface area contributed by atoms with Gasteiger partial charge in [-0.25, -0.2) is 14.2 Å². The molecule has 43 heavy (non-hydrogen) atoms. The van der Waals surface area contributed by atoms with Crippen LogP contribution in [0.25, 0.3) is 0 Å². The lowest BCUT2D eigenvalue weighted by atomic mass is 9.89. The van der Waals surface area contributed by atoms with Crippen molar-refractivity contribution in [2.24, 2.45) is 4.99 Å². The summed E-state index contributed by atoms with van der Waals surface area (Å²) in [7, 11) is 1.43. The molecular weight excluding hydrogens is 578 g/mol. The van der Waals surface area contributed by atoms with Gasteiger partial charge in [-0.05, 0) is 24.1 Å². The summed E-state index contributed by atoms with van der Waals surface area (Å²) in [6, 6.07) is 5.65. The minimum atomic E-state index is -4.37. The van der Waals surface area contributed by atoms with Crippen LogP contribution in [0.4, 0.5) is 17.6 Å². The number of nitrogens with zero attached hydrogens (tertiary/aromatic N) is 4. The number of hydrogen-bond acceptors (Lipinski definition) is 8. The molecule has 0 aromatic heterocycles. The number of piperazine rings is 1. The van der Waals surface area contributed by atoms with Crippen molar-refractivity contribution in [3.8, 4) is 0 Å². The van der Waals surface area contributed by atoms with Gasteiger partial charge < -0.3 is 24.8 Å². The number of carbonyl (C=O) groups excluding carboxylic acids is 3. The van der Waals surface area contributed by atoms with Crippen molar-refractivity contribution in [2.75, 3.05) is 53.0 Å². The van der Waals surface area contributed by atoms with Gasteiger partial charge in [0.2, 0.25) is 12.3 Å². The number of amides is 3. The number of hydrogen-bond donors (Lipinski definition) is 2. The lowest BCUT2D eigenvalue weighted by Crippen LogP contribution is -2.54. The Kier molecular flexibility index (Phi) is 8.46. The summed E-state index contributed by atoms with van der Waals surface area (Å²) < 4.78 is 64.1. The van der Waals surface area contributed by atoms with Crippen LogP contribution in [0.1, 0.15) is 5.56 Å². The molecule has 1 unspecified atom stereocenters. The molecule has 0 saturated carbocycles. The predicted octanol–water partition coefficient (Wildman–Crippen LogP) is 1.22. The van der Waals surface area contributed by atoms with Crippen molar-refractivity contribution >= 4 is 29.1 Å². The standard InChI is InChI=1S/C28H27F4N5O6/c1-42-11-6-33-25(39)20-23(38)21-22-24(17(13-34-21)12-16-2-4-18(29)5-3-16)43-19(14-37(22)27(20)41)26(40)36-9-7-35(8-10-36)15-28(30,31)32/h2-5,13-14,24H,6-12,15H2,1H3,(H-,33,38,39,41)/p+1. The first-order valence-corrected chi connectivity index (χ1v) is 13.4. The van der Waals surface area contributed by atoms with Gasteiger partial charge in [0.1, 0.15) is 5.82 Å². The van der Waals surface area contributed by atoms with E-state index < -0.39 is 53.7 Å². The Bertz CT molecular complexity index is 1490. The number of ether oxygens (including phenoxy) is 2. The van der Waals surface area contributed by atoms with Crippen molar-refractivity contribution in [1.82, 2.24) is 15.1 Å². The van der Waals surface area contributed by atoms with Crippen molar-refractivity contribution in [1.29, 1.82) is 0 Å². The number of nitrogens with one attached hydrogen (secondary N) is 1. The zero-order chi connectivity index (χ0) is 30.9. The molecule has 5 rings (SSSR count). The van der Waals surface area contributed by atoms with Gasteiger partial charge in [-0.1, -0.05) is 12.1 Å². The molecule has 1 fully saturated rings. The molecule has 4 heterocycles. The molecule has 4 aliphatic heterocycles. The molecule has 1 aromatic rings. The Morgan fingerprint density at radius 2 is 1.88 bits per heavy atom. The van der Waals surface area contributed by atoms with E-state index >= 15 is 0 Å². The van der Waals surface area contributed by atoms with Crippen LogP contribution in [0.2, 0.25) is 0 Å². The average Bonchev–Trinajstić information content (AvgIpc) is 2.96. The normalized spacial score (nSPS) is 20.7. The van der Waals surface area contributed by atoms with Crippen molar-refractivity contribution in [3.05, 3.63) is 70.7 Å². The highest BCUT2D eigenvalue weighted by atomic mass is 19.4. The molecule has 11 nitrogen and oxygen atoms in total. The molecular formula is C28H28F4N5O6+. The Morgan fingerprint density at radius 3 is 2.53 bits per heavy atom. The van der Waals surface area contributed by atoms with E-state index in [9.17, 15) is 37.1 Å². The van der Waals surface area contributed by atoms with Crippen LogP contribution in [0, 0.1) is 5.82 Å². The predicted molar refractivity (Wildman–Crippen MR) is 142 cm³/mol. The number of rotatable bonds is 8. The number of carbonyl (C=O) groups is 3. The van der Waals surface area contributed by atoms with Gasteiger partial charge in [-0.3, -0.25) is 14.5 Å². The van der Waals surface area contributed by atoms with Crippen molar-refractivity contribution < 1.29 is 51.1 Å². The van der Waals surface area contributed by atoms with Crippen molar-refractivity contribution in [2.45, 2.75) is 18.7 Å². The second-order valence-corrected chi connectivity index (χ2v) is 10.2. The zero-order valence-electron chi connectivity index (χ0n) is 23.0. The molecule has 1 saturated heterocycles. The number of alkyl halides is 3. The molecule has 228 valence electrons. The number of benzene rings is 1. The molecule has 0 spiro atoms. The van der Waals surface area contributed by atoms with Crippen LogP contribution >= 0.6 is 0 Å². The average molecular weight is 607 g/mol. The first-order chi connectivity index (χ1) is 20.5.